The molecule has 1 saturated carbocycles. The molecule has 0 nitrogen and oxygen atoms in total. The van der Waals surface area contributed by atoms with Gasteiger partial charge in [-0.05, 0) is 61.0 Å². The van der Waals surface area contributed by atoms with E-state index in [0.29, 0.717) is 23.5 Å². The van der Waals surface area contributed by atoms with Crippen LogP contribution in [0.15, 0.2) is 30.4 Å². The van der Waals surface area contributed by atoms with E-state index in [-0.39, 0.29) is 0 Å². The molecule has 0 spiro atoms. The van der Waals surface area contributed by atoms with Crippen LogP contribution in [-0.4, -0.2) is 0 Å². The van der Waals surface area contributed by atoms with Crippen LogP contribution in [-0.2, 0) is 6.42 Å². The van der Waals surface area contributed by atoms with Gasteiger partial charge >= 0.3 is 0 Å². The summed E-state index contributed by atoms with van der Waals surface area (Å²) in [5.74, 6) is 0.909. The second-order valence-electron chi connectivity index (χ2n) is 9.55. The van der Waals surface area contributed by atoms with Crippen LogP contribution in [0.4, 0.5) is 8.78 Å². The van der Waals surface area contributed by atoms with Crippen molar-refractivity contribution in [2.24, 2.45) is 17.8 Å². The Balaban J connectivity index is 1.51. The van der Waals surface area contributed by atoms with Crippen molar-refractivity contribution in [1.82, 2.24) is 0 Å². The summed E-state index contributed by atoms with van der Waals surface area (Å²) in [6.45, 7) is 4.34. The van der Waals surface area contributed by atoms with Crippen LogP contribution < -0.4 is 0 Å². The van der Waals surface area contributed by atoms with E-state index >= 15 is 0 Å². The lowest BCUT2D eigenvalue weighted by atomic mass is 9.72. The van der Waals surface area contributed by atoms with Crippen LogP contribution in [0.25, 0.3) is 5.57 Å². The van der Waals surface area contributed by atoms with Crippen molar-refractivity contribution in [3.8, 4) is 0 Å². The van der Waals surface area contributed by atoms with E-state index < -0.39 is 11.6 Å². The topological polar surface area (TPSA) is 0 Å². The van der Waals surface area contributed by atoms with Crippen LogP contribution in [0.1, 0.15) is 102 Å². The third-order valence-electron chi connectivity index (χ3n) is 7.37. The number of allylic oxidation sites excluding steroid dienone is 4. The molecule has 0 heterocycles. The first kappa shape index (κ1) is 23.2. The molecule has 1 aromatic carbocycles. The zero-order valence-electron chi connectivity index (χ0n) is 19.1. The smallest absolute Gasteiger partial charge is 0.166 e. The van der Waals surface area contributed by atoms with E-state index in [0.717, 1.165) is 36.7 Å². The van der Waals surface area contributed by atoms with Crippen molar-refractivity contribution in [1.29, 1.82) is 0 Å². The number of unbranched alkanes of at least 4 members (excludes halogenated alkanes) is 4. The maximum Gasteiger partial charge on any atom is 0.166 e. The highest BCUT2D eigenvalue weighted by atomic mass is 19.2. The summed E-state index contributed by atoms with van der Waals surface area (Å²) in [7, 11) is 0. The van der Waals surface area contributed by atoms with Crippen LogP contribution in [0.3, 0.4) is 0 Å². The largest absolute Gasteiger partial charge is 0.203 e. The Morgan fingerprint density at radius 2 is 1.63 bits per heavy atom. The number of hydrogen-bond acceptors (Lipinski definition) is 0. The fourth-order valence-corrected chi connectivity index (χ4v) is 5.32. The quantitative estimate of drug-likeness (QED) is 0.335. The van der Waals surface area contributed by atoms with Gasteiger partial charge < -0.3 is 0 Å². The summed E-state index contributed by atoms with van der Waals surface area (Å²) >= 11 is 0. The molecule has 0 aromatic heterocycles. The van der Waals surface area contributed by atoms with Gasteiger partial charge in [-0.1, -0.05) is 95.6 Å². The van der Waals surface area contributed by atoms with Gasteiger partial charge in [0.2, 0.25) is 0 Å². The number of halogens is 2. The van der Waals surface area contributed by atoms with Gasteiger partial charge in [0.05, 0.1) is 0 Å². The lowest BCUT2D eigenvalue weighted by molar-refractivity contribution is 0.218. The van der Waals surface area contributed by atoms with Crippen LogP contribution in [0, 0.1) is 29.4 Å². The van der Waals surface area contributed by atoms with Gasteiger partial charge in [-0.3, -0.25) is 0 Å². The molecule has 1 unspecified atom stereocenters. The molecule has 2 aliphatic carbocycles. The number of aryl methyl sites for hydroxylation is 1. The average molecular weight is 415 g/mol. The van der Waals surface area contributed by atoms with Crippen molar-refractivity contribution in [2.75, 3.05) is 0 Å². The maximum atomic E-state index is 14.7. The molecule has 2 aliphatic rings. The molecule has 0 bridgehead atoms. The second kappa shape index (κ2) is 11.8. The third-order valence-corrected chi connectivity index (χ3v) is 7.37. The molecule has 0 amide bonds. The maximum absolute atomic E-state index is 14.7. The summed E-state index contributed by atoms with van der Waals surface area (Å²) < 4.78 is 29.1. The first-order valence-corrected chi connectivity index (χ1v) is 12.5. The summed E-state index contributed by atoms with van der Waals surface area (Å²) in [5, 5.41) is 0. The minimum Gasteiger partial charge on any atom is -0.203 e. The molecule has 30 heavy (non-hydrogen) atoms. The molecule has 0 radical (unpaired) electrons. The van der Waals surface area contributed by atoms with Crippen molar-refractivity contribution < 1.29 is 8.78 Å². The Hall–Kier alpha value is -1.44. The molecule has 0 aliphatic heterocycles. The normalized spacial score (nSPS) is 24.1. The monoisotopic (exact) mass is 414 g/mol. The molecule has 0 saturated heterocycles. The molecule has 2 heteroatoms. The second-order valence-corrected chi connectivity index (χ2v) is 9.55. The number of benzene rings is 1. The predicted octanol–water partition coefficient (Wildman–Crippen LogP) is 9.04. The first-order valence-electron chi connectivity index (χ1n) is 12.5. The third kappa shape index (κ3) is 6.05. The van der Waals surface area contributed by atoms with E-state index in [1.807, 2.05) is 6.08 Å². The number of hydrogen-bond donors (Lipinski definition) is 0. The predicted molar refractivity (Wildman–Crippen MR) is 124 cm³/mol. The summed E-state index contributed by atoms with van der Waals surface area (Å²) in [6.07, 6.45) is 22.2. The van der Waals surface area contributed by atoms with Gasteiger partial charge in [-0.15, -0.1) is 0 Å². The zero-order valence-corrected chi connectivity index (χ0v) is 19.1. The van der Waals surface area contributed by atoms with Crippen LogP contribution in [0.2, 0.25) is 0 Å². The Bertz CT molecular complexity index is 722. The van der Waals surface area contributed by atoms with E-state index in [4.69, 9.17) is 0 Å². The molecule has 166 valence electrons. The summed E-state index contributed by atoms with van der Waals surface area (Å²) in [4.78, 5) is 0. The van der Waals surface area contributed by atoms with Crippen LogP contribution >= 0.6 is 0 Å². The molecule has 1 fully saturated rings. The highest BCUT2D eigenvalue weighted by Crippen LogP contribution is 2.40. The minimum atomic E-state index is -0.679. The fourth-order valence-electron chi connectivity index (χ4n) is 5.32. The van der Waals surface area contributed by atoms with E-state index in [2.05, 4.69) is 26.0 Å². The number of rotatable bonds is 10. The van der Waals surface area contributed by atoms with Gasteiger partial charge in [0, 0.05) is 5.56 Å². The standard InChI is InChI=1S/C28H40F2/c1-3-5-7-8-9-21-11-13-22(14-12-21)23-15-17-24(18-16-23)26-20-19-25(10-6-4-2)27(29)28(26)30/h15,17-23H,3-14,16H2,1-2H3. The van der Waals surface area contributed by atoms with E-state index in [1.165, 1.54) is 57.8 Å². The molecule has 1 atom stereocenters. The molecule has 1 aromatic rings. The van der Waals surface area contributed by atoms with Gasteiger partial charge in [0.1, 0.15) is 0 Å². The molecule has 3 rings (SSSR count). The first-order chi connectivity index (χ1) is 14.6. The van der Waals surface area contributed by atoms with Gasteiger partial charge in [0.25, 0.3) is 0 Å². The van der Waals surface area contributed by atoms with Gasteiger partial charge in [-0.2, -0.15) is 0 Å². The van der Waals surface area contributed by atoms with Gasteiger partial charge in [-0.25, -0.2) is 8.78 Å². The van der Waals surface area contributed by atoms with Gasteiger partial charge in [0.15, 0.2) is 11.6 Å². The fraction of sp³-hybridized carbons (Fsp3) is 0.643. The van der Waals surface area contributed by atoms with Crippen molar-refractivity contribution >= 4 is 5.57 Å². The Labute approximate surface area is 182 Å². The minimum absolute atomic E-state index is 0.415. The van der Waals surface area contributed by atoms with Crippen molar-refractivity contribution in [3.63, 3.8) is 0 Å². The lowest BCUT2D eigenvalue weighted by Gasteiger charge is -2.33. The van der Waals surface area contributed by atoms with Crippen LogP contribution in [0.5, 0.6) is 0 Å². The average Bonchev–Trinajstić information content (AvgIpc) is 2.78. The summed E-state index contributed by atoms with van der Waals surface area (Å²) in [5.41, 5.74) is 1.76. The molecular formula is C28H40F2. The Morgan fingerprint density at radius 1 is 0.867 bits per heavy atom. The van der Waals surface area contributed by atoms with E-state index in [1.54, 1.807) is 12.1 Å². The molecular weight excluding hydrogens is 374 g/mol. The van der Waals surface area contributed by atoms with Crippen molar-refractivity contribution in [3.05, 3.63) is 53.1 Å². The highest BCUT2D eigenvalue weighted by molar-refractivity contribution is 5.75. The highest BCUT2D eigenvalue weighted by Gasteiger charge is 2.27. The SMILES string of the molecule is CCCCCCC1CCC(C2C=CC(c3ccc(CCCC)c(F)c3F)=CC2)CC1. The molecule has 0 N–H and O–H groups in total. The lowest BCUT2D eigenvalue weighted by Crippen LogP contribution is -2.21. The Morgan fingerprint density at radius 3 is 2.30 bits per heavy atom. The Kier molecular flexibility index (Phi) is 9.15. The zero-order chi connectivity index (χ0) is 21.3. The summed E-state index contributed by atoms with van der Waals surface area (Å²) in [6, 6.07) is 3.54. The van der Waals surface area contributed by atoms with Crippen molar-refractivity contribution in [2.45, 2.75) is 97.3 Å². The van der Waals surface area contributed by atoms with E-state index in [9.17, 15) is 8.78 Å².